The van der Waals surface area contributed by atoms with Crippen LogP contribution in [0.15, 0.2) is 24.0 Å². The summed E-state index contributed by atoms with van der Waals surface area (Å²) >= 11 is 0. The summed E-state index contributed by atoms with van der Waals surface area (Å²) < 4.78 is 21.5. The fourth-order valence-corrected chi connectivity index (χ4v) is 2.94. The quantitative estimate of drug-likeness (QED) is 0.486. The van der Waals surface area contributed by atoms with E-state index in [-0.39, 0.29) is 18.8 Å². The summed E-state index contributed by atoms with van der Waals surface area (Å²) in [4.78, 5) is 47.6. The summed E-state index contributed by atoms with van der Waals surface area (Å²) in [5, 5.41) is 0. The van der Waals surface area contributed by atoms with Crippen molar-refractivity contribution in [3.8, 4) is 0 Å². The van der Waals surface area contributed by atoms with Crippen molar-refractivity contribution in [1.29, 1.82) is 0 Å². The molecule has 2 N–H and O–H groups in total. The zero-order chi connectivity index (χ0) is 20.2. The lowest BCUT2D eigenvalue weighted by Gasteiger charge is -2.41. The molecule has 0 spiro atoms. The normalized spacial score (nSPS) is 26.9. The van der Waals surface area contributed by atoms with Crippen LogP contribution in [0.1, 0.15) is 27.2 Å². The number of primary amides is 1. The van der Waals surface area contributed by atoms with Gasteiger partial charge in [0.2, 0.25) is 5.91 Å². The molecule has 10 nitrogen and oxygen atoms in total. The van der Waals surface area contributed by atoms with Gasteiger partial charge in [-0.2, -0.15) is 0 Å². The fraction of sp³-hybridized carbons (Fsp3) is 0.529. The van der Waals surface area contributed by atoms with Crippen molar-refractivity contribution in [3.05, 3.63) is 24.0 Å². The monoisotopic (exact) mass is 382 g/mol. The smallest absolute Gasteiger partial charge is 0.304 e. The number of esters is 3. The van der Waals surface area contributed by atoms with Crippen LogP contribution in [0.4, 0.5) is 0 Å². The highest BCUT2D eigenvalue weighted by Gasteiger charge is 2.58. The lowest BCUT2D eigenvalue weighted by atomic mass is 10.0. The summed E-state index contributed by atoms with van der Waals surface area (Å²) in [5.74, 6) is -2.48. The Morgan fingerprint density at radius 1 is 1.22 bits per heavy atom. The van der Waals surface area contributed by atoms with E-state index in [1.54, 1.807) is 12.3 Å². The predicted octanol–water partition coefficient (Wildman–Crippen LogP) is -0.272. The summed E-state index contributed by atoms with van der Waals surface area (Å²) in [6, 6.07) is 0. The zero-order valence-electron chi connectivity index (χ0n) is 15.3. The number of rotatable bonds is 6. The molecule has 27 heavy (non-hydrogen) atoms. The van der Waals surface area contributed by atoms with Gasteiger partial charge < -0.3 is 29.6 Å². The molecule has 0 saturated carbocycles. The van der Waals surface area contributed by atoms with E-state index < -0.39 is 41.7 Å². The van der Waals surface area contributed by atoms with Crippen molar-refractivity contribution in [1.82, 2.24) is 4.90 Å². The Bertz CT molecular complexity index is 701. The summed E-state index contributed by atoms with van der Waals surface area (Å²) in [7, 11) is 0. The molecule has 0 aromatic heterocycles. The maximum atomic E-state index is 11.8. The van der Waals surface area contributed by atoms with Gasteiger partial charge in [0.05, 0.1) is 0 Å². The van der Waals surface area contributed by atoms with Crippen molar-refractivity contribution >= 4 is 23.8 Å². The fourth-order valence-electron chi connectivity index (χ4n) is 2.94. The summed E-state index contributed by atoms with van der Waals surface area (Å²) in [6.07, 6.45) is 2.94. The van der Waals surface area contributed by atoms with Crippen molar-refractivity contribution in [2.45, 2.75) is 45.1 Å². The van der Waals surface area contributed by atoms with E-state index in [4.69, 9.17) is 24.7 Å². The van der Waals surface area contributed by atoms with Crippen LogP contribution in [0.3, 0.4) is 0 Å². The van der Waals surface area contributed by atoms with Gasteiger partial charge in [-0.15, -0.1) is 0 Å². The van der Waals surface area contributed by atoms with Gasteiger partial charge in [0.15, 0.2) is 6.10 Å². The van der Waals surface area contributed by atoms with E-state index >= 15 is 0 Å². The Labute approximate surface area is 155 Å². The molecule has 0 aromatic carbocycles. The maximum Gasteiger partial charge on any atom is 0.304 e. The highest BCUT2D eigenvalue weighted by atomic mass is 16.7. The van der Waals surface area contributed by atoms with E-state index in [2.05, 4.69) is 0 Å². The maximum absolute atomic E-state index is 11.8. The largest absolute Gasteiger partial charge is 0.463 e. The number of amides is 1. The SMILES string of the molecule is CC(=O)OC[C@H]1OCC(OC(C)=O)(N2C=CCC(C(N)=O)=C2)[C@@H]1OC(C)=O. The minimum absolute atomic E-state index is 0.191. The molecule has 0 aromatic rings. The highest BCUT2D eigenvalue weighted by Crippen LogP contribution is 2.37. The molecule has 148 valence electrons. The van der Waals surface area contributed by atoms with Crippen LogP contribution in [0, 0.1) is 0 Å². The van der Waals surface area contributed by atoms with Crippen LogP contribution in [0.25, 0.3) is 0 Å². The molecule has 0 aliphatic carbocycles. The number of hydrogen-bond acceptors (Lipinski definition) is 9. The van der Waals surface area contributed by atoms with Crippen LogP contribution in [-0.4, -0.2) is 59.9 Å². The number of allylic oxidation sites excluding steroid dienone is 1. The van der Waals surface area contributed by atoms with Crippen LogP contribution in [0.2, 0.25) is 0 Å². The van der Waals surface area contributed by atoms with Gasteiger partial charge >= 0.3 is 17.9 Å². The Balaban J connectivity index is 2.44. The highest BCUT2D eigenvalue weighted by molar-refractivity contribution is 5.92. The average Bonchev–Trinajstić information content (AvgIpc) is 2.90. The first-order valence-corrected chi connectivity index (χ1v) is 8.23. The van der Waals surface area contributed by atoms with Crippen molar-refractivity contribution in [2.24, 2.45) is 5.73 Å². The van der Waals surface area contributed by atoms with E-state index in [0.29, 0.717) is 6.42 Å². The Morgan fingerprint density at radius 3 is 2.48 bits per heavy atom. The minimum atomic E-state index is -1.58. The van der Waals surface area contributed by atoms with Crippen LogP contribution < -0.4 is 5.73 Å². The molecule has 1 saturated heterocycles. The Kier molecular flexibility index (Phi) is 6.21. The Morgan fingerprint density at radius 2 is 1.93 bits per heavy atom. The van der Waals surface area contributed by atoms with Gasteiger partial charge in [0.1, 0.15) is 19.3 Å². The van der Waals surface area contributed by atoms with Gasteiger partial charge in [0.25, 0.3) is 5.72 Å². The third kappa shape index (κ3) is 4.64. The average molecular weight is 382 g/mol. The molecular formula is C17H22N2O8. The van der Waals surface area contributed by atoms with Crippen molar-refractivity contribution in [3.63, 3.8) is 0 Å². The van der Waals surface area contributed by atoms with Crippen LogP contribution in [0.5, 0.6) is 0 Å². The molecule has 2 aliphatic heterocycles. The first-order valence-electron chi connectivity index (χ1n) is 8.23. The second kappa shape index (κ2) is 8.21. The predicted molar refractivity (Wildman–Crippen MR) is 89.3 cm³/mol. The molecule has 10 heteroatoms. The number of carbonyl (C=O) groups excluding carboxylic acids is 4. The number of ether oxygens (including phenoxy) is 4. The van der Waals surface area contributed by atoms with Crippen molar-refractivity contribution < 1.29 is 38.1 Å². The standard InChI is InChI=1S/C17H22N2O8/c1-10(20)24-8-14-15(26-11(2)21)17(9-25-14,27-12(3)22)19-6-4-5-13(7-19)16(18)23/h4,6-7,14-15H,5,8-9H2,1-3H3,(H2,18,23)/t14-,15-,17?/m1/s1. The Hall–Kier alpha value is -2.88. The third-order valence-corrected chi connectivity index (χ3v) is 4.00. The van der Waals surface area contributed by atoms with Gasteiger partial charge in [-0.05, 0) is 6.42 Å². The summed E-state index contributed by atoms with van der Waals surface area (Å²) in [5.41, 5.74) is 4.04. The first-order chi connectivity index (χ1) is 12.7. The second-order valence-electron chi connectivity index (χ2n) is 6.14. The third-order valence-electron chi connectivity index (χ3n) is 4.00. The van der Waals surface area contributed by atoms with Gasteiger partial charge in [-0.25, -0.2) is 0 Å². The number of nitrogens with two attached hydrogens (primary N) is 1. The molecule has 2 heterocycles. The lowest BCUT2D eigenvalue weighted by Crippen LogP contribution is -2.58. The van der Waals surface area contributed by atoms with Crippen molar-refractivity contribution in [2.75, 3.05) is 13.2 Å². The minimum Gasteiger partial charge on any atom is -0.463 e. The molecule has 1 unspecified atom stereocenters. The van der Waals surface area contributed by atoms with E-state index in [1.807, 2.05) is 0 Å². The number of nitrogens with zero attached hydrogens (tertiary/aromatic N) is 1. The molecule has 1 fully saturated rings. The second-order valence-corrected chi connectivity index (χ2v) is 6.14. The first kappa shape index (κ1) is 20.4. The van der Waals surface area contributed by atoms with Gasteiger partial charge in [-0.3, -0.25) is 19.2 Å². The van der Waals surface area contributed by atoms with Crippen LogP contribution >= 0.6 is 0 Å². The molecule has 2 rings (SSSR count). The molecule has 1 amide bonds. The topological polar surface area (TPSA) is 134 Å². The van der Waals surface area contributed by atoms with E-state index in [0.717, 1.165) is 0 Å². The van der Waals surface area contributed by atoms with E-state index in [1.165, 1.54) is 31.9 Å². The molecule has 0 bridgehead atoms. The molecule has 3 atom stereocenters. The zero-order valence-corrected chi connectivity index (χ0v) is 15.3. The van der Waals surface area contributed by atoms with Gasteiger partial charge in [-0.1, -0.05) is 6.08 Å². The van der Waals surface area contributed by atoms with Gasteiger partial charge in [0, 0.05) is 38.7 Å². The molecule has 2 aliphatic rings. The lowest BCUT2D eigenvalue weighted by molar-refractivity contribution is -0.200. The molecule has 0 radical (unpaired) electrons. The molecular weight excluding hydrogens is 360 g/mol. The summed E-state index contributed by atoms with van der Waals surface area (Å²) in [6.45, 7) is 3.21. The number of carbonyl (C=O) groups is 4. The van der Waals surface area contributed by atoms with E-state index in [9.17, 15) is 19.2 Å². The van der Waals surface area contributed by atoms with Crippen LogP contribution in [-0.2, 0) is 38.1 Å². The number of hydrogen-bond donors (Lipinski definition) is 1.